The molecule has 0 bridgehead atoms. The zero-order valence-electron chi connectivity index (χ0n) is 23.5. The number of likely N-dealkylation sites (tertiary alicyclic amines) is 1. The minimum Gasteiger partial charge on any atom is -0.431 e. The van der Waals surface area contributed by atoms with E-state index >= 15 is 0 Å². The average molecular weight is 613 g/mol. The van der Waals surface area contributed by atoms with Gasteiger partial charge in [-0.1, -0.05) is 0 Å². The summed E-state index contributed by atoms with van der Waals surface area (Å²) in [6.07, 6.45) is 6.09. The van der Waals surface area contributed by atoms with Crippen molar-refractivity contribution in [2.24, 2.45) is 14.1 Å². The number of carbonyl (C=O) groups excluding carboxylic acids is 6. The highest BCUT2D eigenvalue weighted by Crippen LogP contribution is 2.12. The van der Waals surface area contributed by atoms with Crippen LogP contribution in [0.3, 0.4) is 0 Å². The summed E-state index contributed by atoms with van der Waals surface area (Å²) < 4.78 is 38.3. The number of rotatable bonds is 13. The number of piperidine rings is 1. The Morgan fingerprint density at radius 2 is 1.42 bits per heavy atom. The van der Waals surface area contributed by atoms with E-state index < -0.39 is 38.7 Å². The first-order valence-electron chi connectivity index (χ1n) is 12.1. The molecule has 1 aliphatic heterocycles. The van der Waals surface area contributed by atoms with E-state index in [1.165, 1.54) is 10.8 Å². The first kappa shape index (κ1) is 35.8. The molecule has 1 aliphatic rings. The number of hydrogen-bond acceptors (Lipinski definition) is 17. The van der Waals surface area contributed by atoms with Crippen LogP contribution in [0.4, 0.5) is 9.59 Å². The van der Waals surface area contributed by atoms with Crippen molar-refractivity contribution in [1.82, 2.24) is 24.0 Å². The van der Waals surface area contributed by atoms with E-state index in [2.05, 4.69) is 48.0 Å². The highest BCUT2D eigenvalue weighted by atomic mass is 16.8. The number of nitrogens with zero attached hydrogens (tertiary/aromatic N) is 5. The zero-order valence-corrected chi connectivity index (χ0v) is 23.5. The summed E-state index contributed by atoms with van der Waals surface area (Å²) >= 11 is 0. The Labute approximate surface area is 245 Å². The van der Waals surface area contributed by atoms with Crippen molar-refractivity contribution in [1.29, 1.82) is 0 Å². The minimum absolute atomic E-state index is 0.00444. The molecule has 0 saturated carbocycles. The van der Waals surface area contributed by atoms with Crippen LogP contribution in [-0.2, 0) is 73.0 Å². The smallest absolute Gasteiger partial charge is 0.431 e. The molecular formula is C24H30N5O14. The fourth-order valence-corrected chi connectivity index (χ4v) is 2.93. The number of esters is 1. The van der Waals surface area contributed by atoms with Crippen LogP contribution in [0.1, 0.15) is 29.2 Å². The van der Waals surface area contributed by atoms with Gasteiger partial charge in [0.25, 0.3) is 0 Å². The second kappa shape index (κ2) is 21.5. The van der Waals surface area contributed by atoms with E-state index in [4.69, 9.17) is 4.74 Å². The fourth-order valence-electron chi connectivity index (χ4n) is 2.93. The van der Waals surface area contributed by atoms with Gasteiger partial charge in [0, 0.05) is 45.8 Å². The van der Waals surface area contributed by atoms with Gasteiger partial charge in [-0.25, -0.2) is 38.7 Å². The molecule has 0 unspecified atom stereocenters. The Morgan fingerprint density at radius 3 is 1.93 bits per heavy atom. The lowest BCUT2D eigenvalue weighted by Crippen LogP contribution is -2.35. The second-order valence-electron chi connectivity index (χ2n) is 8.06. The van der Waals surface area contributed by atoms with Crippen molar-refractivity contribution in [3.63, 3.8) is 0 Å². The van der Waals surface area contributed by atoms with E-state index in [9.17, 15) is 28.8 Å². The molecule has 3 heterocycles. The van der Waals surface area contributed by atoms with E-state index in [0.29, 0.717) is 5.69 Å². The van der Waals surface area contributed by atoms with Gasteiger partial charge in [-0.3, -0.25) is 0 Å². The Bertz CT molecular complexity index is 1130. The molecule has 3 rings (SSSR count). The lowest BCUT2D eigenvalue weighted by atomic mass is 10.1. The normalized spacial score (nSPS) is 12.4. The molecule has 43 heavy (non-hydrogen) atoms. The van der Waals surface area contributed by atoms with Gasteiger partial charge >= 0.3 is 37.7 Å². The van der Waals surface area contributed by atoms with Gasteiger partial charge in [-0.2, -0.15) is 0 Å². The summed E-state index contributed by atoms with van der Waals surface area (Å²) in [5.74, 6) is -0.503. The summed E-state index contributed by atoms with van der Waals surface area (Å²) in [4.78, 5) is 71.5. The van der Waals surface area contributed by atoms with Gasteiger partial charge in [0.15, 0.2) is 0 Å². The van der Waals surface area contributed by atoms with Crippen molar-refractivity contribution in [2.75, 3.05) is 40.5 Å². The predicted octanol–water partition coefficient (Wildman–Crippen LogP) is 0.00790. The van der Waals surface area contributed by atoms with Crippen molar-refractivity contribution >= 4 is 37.7 Å². The van der Waals surface area contributed by atoms with Gasteiger partial charge in [-0.05, 0) is 19.9 Å². The third-order valence-electron chi connectivity index (χ3n) is 4.93. The van der Waals surface area contributed by atoms with E-state index in [1.807, 2.05) is 7.05 Å². The Kier molecular flexibility index (Phi) is 17.9. The molecule has 0 N–H and O–H groups in total. The van der Waals surface area contributed by atoms with Crippen LogP contribution in [0.15, 0.2) is 24.9 Å². The van der Waals surface area contributed by atoms with Crippen molar-refractivity contribution in [3.05, 3.63) is 36.4 Å². The van der Waals surface area contributed by atoms with Crippen LogP contribution in [0.2, 0.25) is 0 Å². The number of ether oxygens (including phenoxy) is 8. The molecule has 1 saturated heterocycles. The van der Waals surface area contributed by atoms with E-state index in [-0.39, 0.29) is 18.5 Å². The molecule has 2 aromatic heterocycles. The molecule has 0 aliphatic carbocycles. The van der Waals surface area contributed by atoms with Gasteiger partial charge in [0.05, 0.1) is 12.0 Å². The van der Waals surface area contributed by atoms with Crippen LogP contribution in [0.5, 0.6) is 0 Å². The second-order valence-corrected chi connectivity index (χ2v) is 8.06. The number of imidazole rings is 2. The molecule has 19 heteroatoms. The summed E-state index contributed by atoms with van der Waals surface area (Å²) in [6, 6.07) is 0. The maximum atomic E-state index is 11.1. The highest BCUT2D eigenvalue weighted by Gasteiger charge is 2.21. The Balaban J connectivity index is 0.000000324. The van der Waals surface area contributed by atoms with Crippen molar-refractivity contribution < 1.29 is 66.7 Å². The van der Waals surface area contributed by atoms with E-state index in [0.717, 1.165) is 45.3 Å². The third kappa shape index (κ3) is 16.6. The van der Waals surface area contributed by atoms with Crippen LogP contribution >= 0.6 is 0 Å². The molecule has 0 aromatic carbocycles. The monoisotopic (exact) mass is 612 g/mol. The summed E-state index contributed by atoms with van der Waals surface area (Å²) in [6.45, 7) is 3.77. The Hall–Kier alpha value is -5.20. The first-order valence-corrected chi connectivity index (χ1v) is 12.1. The van der Waals surface area contributed by atoms with E-state index in [1.54, 1.807) is 37.4 Å². The molecule has 0 amide bonds. The lowest BCUT2D eigenvalue weighted by Gasteiger charge is -2.28. The molecule has 19 nitrogen and oxygen atoms in total. The highest BCUT2D eigenvalue weighted by molar-refractivity contribution is 5.85. The van der Waals surface area contributed by atoms with Gasteiger partial charge in [-0.15, -0.1) is 0 Å². The Morgan fingerprint density at radius 1 is 0.837 bits per heavy atom. The number of carbonyl (C=O) groups is 3. The largest absolute Gasteiger partial charge is 0.511 e. The van der Waals surface area contributed by atoms with Crippen LogP contribution in [0, 0.1) is 0 Å². The molecule has 2 aromatic rings. The van der Waals surface area contributed by atoms with Gasteiger partial charge in [0.2, 0.25) is 26.2 Å². The SMILES string of the molecule is CN1CCC(OC(=O)OCO[C]=O)CC1.Cn1ccnc1C(=O)OCO[C]=O.Cn1cnc(COC(=O)OCO[C]=O)c1. The maximum Gasteiger partial charge on any atom is 0.511 e. The average Bonchev–Trinajstić information content (AvgIpc) is 3.62. The predicted molar refractivity (Wildman–Crippen MR) is 136 cm³/mol. The quantitative estimate of drug-likeness (QED) is 0.126. The molecule has 1 fully saturated rings. The molecule has 3 radical (unpaired) electrons. The topological polar surface area (TPSA) is 215 Å². The van der Waals surface area contributed by atoms with Crippen LogP contribution in [-0.4, -0.2) is 108 Å². The third-order valence-corrected chi connectivity index (χ3v) is 4.93. The first-order chi connectivity index (χ1) is 20.7. The maximum absolute atomic E-state index is 11.1. The fraction of sp³-hybridized carbons (Fsp3) is 0.500. The zero-order chi connectivity index (χ0) is 31.9. The minimum atomic E-state index is -0.934. The number of hydrogen-bond donors (Lipinski definition) is 0. The summed E-state index contributed by atoms with van der Waals surface area (Å²) in [7, 11) is 5.46. The molecular weight excluding hydrogens is 582 g/mol. The van der Waals surface area contributed by atoms with Gasteiger partial charge < -0.3 is 51.9 Å². The summed E-state index contributed by atoms with van der Waals surface area (Å²) in [5, 5.41) is 0. The lowest BCUT2D eigenvalue weighted by molar-refractivity contribution is -0.0309. The van der Waals surface area contributed by atoms with Crippen LogP contribution in [0.25, 0.3) is 0 Å². The molecule has 0 spiro atoms. The van der Waals surface area contributed by atoms with Gasteiger partial charge in [0.1, 0.15) is 12.7 Å². The standard InChI is InChI=1S/C9H14NO5.C8H9N2O5.C7H7N2O4/c1-10-4-2-8(3-5-10)15-9(12)14-7-13-6-11;1-10-2-7(9-4-10)3-14-8(12)15-6-13-5-11;1-9-3-2-8-6(9)7(11)13-5-12-4-10/h8H,2-5,7H2,1H3;2,4H,3,6H2,1H3;2-3H,5H2,1H3. The van der Waals surface area contributed by atoms with Crippen LogP contribution < -0.4 is 0 Å². The van der Waals surface area contributed by atoms with Crippen molar-refractivity contribution in [3.8, 4) is 0 Å². The molecule has 0 atom stereocenters. The summed E-state index contributed by atoms with van der Waals surface area (Å²) in [5.41, 5.74) is 0.595. The molecule has 235 valence electrons. The number of aryl methyl sites for hydroxylation is 2. The number of aromatic nitrogens is 4. The van der Waals surface area contributed by atoms with Crippen molar-refractivity contribution in [2.45, 2.75) is 25.6 Å².